The second-order valence-corrected chi connectivity index (χ2v) is 12.4. The third kappa shape index (κ3) is 5.56. The standard InChI is InChI=1S/C15H19BrN2O2.C15H16N2O2/c1-15(2,11-6-8-17(3)9-7-11)13-5-4-12(18(19)20)10-14(13)16;1-15(2)13-5-4-10(17(18)19)8-11(13)12-9-16(3)7-6-14(12)15/h4-6,10H,7-9H2,1-3H3;4-8H,9H2,1-3H3. The average molecular weight is 596 g/mol. The van der Waals surface area contributed by atoms with Crippen LogP contribution >= 0.6 is 15.9 Å². The summed E-state index contributed by atoms with van der Waals surface area (Å²) in [5, 5.41) is 21.8. The number of nitrogens with zero attached hydrogens (tertiary/aromatic N) is 4. The highest BCUT2D eigenvalue weighted by Gasteiger charge is 2.38. The Morgan fingerprint density at radius 2 is 1.64 bits per heavy atom. The number of nitro benzene ring substituents is 2. The quantitative estimate of drug-likeness (QED) is 0.215. The number of fused-ring (bicyclic) bond motifs is 2. The van der Waals surface area contributed by atoms with Gasteiger partial charge in [-0.2, -0.15) is 0 Å². The highest BCUT2D eigenvalue weighted by atomic mass is 79.9. The van der Waals surface area contributed by atoms with Gasteiger partial charge in [0.2, 0.25) is 0 Å². The molecule has 0 radical (unpaired) electrons. The van der Waals surface area contributed by atoms with Gasteiger partial charge < -0.3 is 9.80 Å². The molecule has 5 rings (SSSR count). The van der Waals surface area contributed by atoms with Crippen molar-refractivity contribution in [3.8, 4) is 0 Å². The van der Waals surface area contributed by atoms with Gasteiger partial charge in [-0.1, -0.05) is 67.4 Å². The molecular weight excluding hydrogens is 560 g/mol. The number of likely N-dealkylation sites (N-methyl/N-ethyl adjacent to an activating group) is 2. The first-order valence-electron chi connectivity index (χ1n) is 13.0. The van der Waals surface area contributed by atoms with Crippen LogP contribution in [0, 0.1) is 20.2 Å². The normalized spacial score (nSPS) is 18.1. The summed E-state index contributed by atoms with van der Waals surface area (Å²) in [5.41, 5.74) is 7.30. The van der Waals surface area contributed by atoms with Gasteiger partial charge in [0.15, 0.2) is 0 Å². The molecule has 2 aromatic rings. The number of hydrogen-bond donors (Lipinski definition) is 0. The maximum atomic E-state index is 11.0. The van der Waals surface area contributed by atoms with Crippen molar-refractivity contribution >= 4 is 32.9 Å². The number of rotatable bonds is 4. The maximum Gasteiger partial charge on any atom is 0.270 e. The summed E-state index contributed by atoms with van der Waals surface area (Å²) in [7, 11) is 4.13. The lowest BCUT2D eigenvalue weighted by atomic mass is 9.75. The highest BCUT2D eigenvalue weighted by molar-refractivity contribution is 9.10. The van der Waals surface area contributed by atoms with E-state index in [0.29, 0.717) is 0 Å². The molecule has 1 aliphatic carbocycles. The SMILES string of the molecule is CN1C=CC2=C(C1)c1cc([N+](=O)[O-])ccc1C2(C)C.CN1CC=C(C(C)(C)c2ccc([N+](=O)[O-])cc2Br)CC1. The van der Waals surface area contributed by atoms with Crippen LogP contribution in [0.1, 0.15) is 50.8 Å². The zero-order valence-corrected chi connectivity index (χ0v) is 24.9. The van der Waals surface area contributed by atoms with Crippen molar-refractivity contribution < 1.29 is 9.85 Å². The van der Waals surface area contributed by atoms with E-state index in [0.717, 1.165) is 41.7 Å². The third-order valence-electron chi connectivity index (χ3n) is 8.17. The fourth-order valence-electron chi connectivity index (χ4n) is 5.73. The Balaban J connectivity index is 0.000000181. The van der Waals surface area contributed by atoms with Crippen molar-refractivity contribution in [2.24, 2.45) is 0 Å². The number of non-ortho nitro benzene ring substituents is 2. The van der Waals surface area contributed by atoms with Crippen LogP contribution in [0.25, 0.3) is 5.57 Å². The van der Waals surface area contributed by atoms with Crippen molar-refractivity contribution in [1.29, 1.82) is 0 Å². The second kappa shape index (κ2) is 10.7. The van der Waals surface area contributed by atoms with Crippen LogP contribution in [-0.4, -0.2) is 53.4 Å². The van der Waals surface area contributed by atoms with Gasteiger partial charge in [0.05, 0.1) is 9.85 Å². The molecule has 0 fully saturated rings. The molecule has 0 amide bonds. The van der Waals surface area contributed by atoms with E-state index in [1.807, 2.05) is 19.2 Å². The lowest BCUT2D eigenvalue weighted by molar-refractivity contribution is -0.385. The molecular formula is C30H35BrN4O4. The minimum Gasteiger partial charge on any atom is -0.376 e. The van der Waals surface area contributed by atoms with Gasteiger partial charge in [-0.3, -0.25) is 20.2 Å². The fraction of sp³-hybridized carbons (Fsp3) is 0.400. The van der Waals surface area contributed by atoms with Gasteiger partial charge >= 0.3 is 0 Å². The minimum absolute atomic E-state index is 0.0719. The van der Waals surface area contributed by atoms with Crippen molar-refractivity contribution in [2.45, 2.75) is 44.9 Å². The number of hydrogen-bond acceptors (Lipinski definition) is 6. The van der Waals surface area contributed by atoms with Crippen LogP contribution in [-0.2, 0) is 10.8 Å². The van der Waals surface area contributed by atoms with E-state index < -0.39 is 0 Å². The molecule has 0 spiro atoms. The van der Waals surface area contributed by atoms with E-state index in [1.165, 1.54) is 22.3 Å². The second-order valence-electron chi connectivity index (χ2n) is 11.5. The Kier molecular flexibility index (Phi) is 7.87. The van der Waals surface area contributed by atoms with Crippen LogP contribution in [0.15, 0.2) is 70.4 Å². The van der Waals surface area contributed by atoms with Gasteiger partial charge in [0.1, 0.15) is 0 Å². The molecule has 0 N–H and O–H groups in total. The first-order chi connectivity index (χ1) is 18.2. The Hall–Kier alpha value is -3.30. The van der Waals surface area contributed by atoms with Gasteiger partial charge in [-0.15, -0.1) is 0 Å². The predicted molar refractivity (Wildman–Crippen MR) is 159 cm³/mol. The van der Waals surface area contributed by atoms with Crippen LogP contribution in [0.5, 0.6) is 0 Å². The zero-order chi connectivity index (χ0) is 28.7. The minimum atomic E-state index is -0.365. The summed E-state index contributed by atoms with van der Waals surface area (Å²) in [4.78, 5) is 25.5. The smallest absolute Gasteiger partial charge is 0.270 e. The summed E-state index contributed by atoms with van der Waals surface area (Å²) in [5.74, 6) is 0. The molecule has 3 aliphatic rings. The topological polar surface area (TPSA) is 92.8 Å². The summed E-state index contributed by atoms with van der Waals surface area (Å²) < 4.78 is 0.802. The molecule has 8 nitrogen and oxygen atoms in total. The largest absolute Gasteiger partial charge is 0.376 e. The molecule has 0 aromatic heterocycles. The molecule has 2 aliphatic heterocycles. The molecule has 0 saturated heterocycles. The average Bonchev–Trinajstić information content (AvgIpc) is 3.10. The summed E-state index contributed by atoms with van der Waals surface area (Å²) >= 11 is 3.49. The van der Waals surface area contributed by atoms with Gasteiger partial charge in [0, 0.05) is 66.3 Å². The number of halogens is 1. The van der Waals surface area contributed by atoms with E-state index in [9.17, 15) is 20.2 Å². The third-order valence-corrected chi connectivity index (χ3v) is 8.82. The van der Waals surface area contributed by atoms with Crippen LogP contribution in [0.3, 0.4) is 0 Å². The van der Waals surface area contributed by atoms with Gasteiger partial charge in [0.25, 0.3) is 11.4 Å². The number of allylic oxidation sites excluding steroid dienone is 2. The van der Waals surface area contributed by atoms with Crippen molar-refractivity contribution in [2.75, 3.05) is 33.7 Å². The molecule has 9 heteroatoms. The predicted octanol–water partition coefficient (Wildman–Crippen LogP) is 7.00. The molecule has 2 heterocycles. The molecule has 2 aromatic carbocycles. The van der Waals surface area contributed by atoms with Crippen molar-refractivity contribution in [3.05, 3.63) is 107 Å². The summed E-state index contributed by atoms with van der Waals surface area (Å²) in [6, 6.07) is 10.3. The monoisotopic (exact) mass is 594 g/mol. The Bertz CT molecular complexity index is 1420. The molecule has 0 unspecified atom stereocenters. The molecule has 206 valence electrons. The van der Waals surface area contributed by atoms with Crippen molar-refractivity contribution in [1.82, 2.24) is 9.80 Å². The highest BCUT2D eigenvalue weighted by Crippen LogP contribution is 2.49. The molecule has 0 bridgehead atoms. The number of nitro groups is 2. The Morgan fingerprint density at radius 1 is 1.00 bits per heavy atom. The van der Waals surface area contributed by atoms with E-state index in [4.69, 9.17) is 0 Å². The summed E-state index contributed by atoms with van der Waals surface area (Å²) in [6.07, 6.45) is 7.51. The van der Waals surface area contributed by atoms with Crippen molar-refractivity contribution in [3.63, 3.8) is 0 Å². The van der Waals surface area contributed by atoms with Crippen LogP contribution < -0.4 is 0 Å². The lowest BCUT2D eigenvalue weighted by Gasteiger charge is -2.34. The van der Waals surface area contributed by atoms with E-state index in [2.05, 4.69) is 78.8 Å². The Morgan fingerprint density at radius 3 is 2.23 bits per heavy atom. The van der Waals surface area contributed by atoms with Crippen LogP contribution in [0.4, 0.5) is 11.4 Å². The van der Waals surface area contributed by atoms with E-state index in [-0.39, 0.29) is 32.1 Å². The fourth-order valence-corrected chi connectivity index (χ4v) is 6.59. The molecule has 0 atom stereocenters. The first kappa shape index (κ1) is 28.7. The van der Waals surface area contributed by atoms with Gasteiger partial charge in [-0.25, -0.2) is 0 Å². The maximum absolute atomic E-state index is 11.0. The van der Waals surface area contributed by atoms with Gasteiger partial charge in [-0.05, 0) is 53.6 Å². The Labute approximate surface area is 238 Å². The molecule has 39 heavy (non-hydrogen) atoms. The van der Waals surface area contributed by atoms with E-state index in [1.54, 1.807) is 24.3 Å². The summed E-state index contributed by atoms with van der Waals surface area (Å²) in [6.45, 7) is 11.5. The first-order valence-corrected chi connectivity index (χ1v) is 13.8. The zero-order valence-electron chi connectivity index (χ0n) is 23.3. The van der Waals surface area contributed by atoms with Crippen LogP contribution in [0.2, 0.25) is 0 Å². The lowest BCUT2D eigenvalue weighted by Crippen LogP contribution is -2.31. The van der Waals surface area contributed by atoms with E-state index >= 15 is 0 Å². The number of benzene rings is 2. The molecule has 0 saturated carbocycles.